The topological polar surface area (TPSA) is 52.1 Å². The van der Waals surface area contributed by atoms with Crippen LogP contribution >= 0.6 is 0 Å². The fourth-order valence-corrected chi connectivity index (χ4v) is 3.87. The molecule has 0 radical (unpaired) electrons. The number of aryl methyl sites for hydroxylation is 1. The van der Waals surface area contributed by atoms with Crippen LogP contribution in [0.4, 0.5) is 5.69 Å². The van der Waals surface area contributed by atoms with Crippen molar-refractivity contribution < 1.29 is 4.74 Å². The third-order valence-corrected chi connectivity index (χ3v) is 5.78. The molecule has 6 nitrogen and oxygen atoms in total. The van der Waals surface area contributed by atoms with Crippen molar-refractivity contribution in [3.63, 3.8) is 0 Å². The number of hydrogen-bond donors (Lipinski definition) is 2. The number of methoxy groups -OCH3 is 1. The van der Waals surface area contributed by atoms with Crippen LogP contribution in [-0.4, -0.2) is 64.3 Å². The van der Waals surface area contributed by atoms with Crippen molar-refractivity contribution in [2.24, 2.45) is 4.99 Å². The van der Waals surface area contributed by atoms with E-state index >= 15 is 0 Å². The van der Waals surface area contributed by atoms with Crippen molar-refractivity contribution in [1.29, 1.82) is 0 Å². The molecule has 0 saturated carbocycles. The van der Waals surface area contributed by atoms with Gasteiger partial charge in [0.2, 0.25) is 0 Å². The van der Waals surface area contributed by atoms with Crippen LogP contribution in [0.2, 0.25) is 0 Å². The maximum absolute atomic E-state index is 5.20. The Balaban J connectivity index is 1.27. The van der Waals surface area contributed by atoms with E-state index in [2.05, 4.69) is 68.7 Å². The largest absolute Gasteiger partial charge is 0.497 e. The number of unbranched alkanes of at least 4 members (excludes halogenated alkanes) is 1. The smallest absolute Gasteiger partial charge is 0.191 e. The van der Waals surface area contributed by atoms with Crippen LogP contribution in [0.25, 0.3) is 0 Å². The Morgan fingerprint density at radius 3 is 2.45 bits per heavy atom. The van der Waals surface area contributed by atoms with Crippen LogP contribution in [0, 0.1) is 6.92 Å². The molecule has 1 aliphatic rings. The zero-order valence-corrected chi connectivity index (χ0v) is 19.2. The number of nitrogens with one attached hydrogen (secondary N) is 2. The highest BCUT2D eigenvalue weighted by atomic mass is 16.5. The van der Waals surface area contributed by atoms with E-state index < -0.39 is 0 Å². The summed E-state index contributed by atoms with van der Waals surface area (Å²) < 4.78 is 5.20. The summed E-state index contributed by atoms with van der Waals surface area (Å²) in [6.45, 7) is 9.53. The Morgan fingerprint density at radius 1 is 1.00 bits per heavy atom. The Hall–Kier alpha value is -2.73. The van der Waals surface area contributed by atoms with E-state index in [0.29, 0.717) is 0 Å². The summed E-state index contributed by atoms with van der Waals surface area (Å²) in [6.07, 6.45) is 2.34. The molecule has 0 bridgehead atoms. The molecule has 0 amide bonds. The fourth-order valence-electron chi connectivity index (χ4n) is 3.87. The monoisotopic (exact) mass is 423 g/mol. The van der Waals surface area contributed by atoms with E-state index in [1.54, 1.807) is 7.11 Å². The standard InChI is InChI=1S/C25H37N5O/c1-21-7-6-8-23(19-21)30-17-15-29(16-18-30)14-5-4-13-27-25(26-2)28-20-22-9-11-24(31-3)12-10-22/h6-12,19H,4-5,13-18,20H2,1-3H3,(H2,26,27,28). The molecular formula is C25H37N5O. The van der Waals surface area contributed by atoms with E-state index in [9.17, 15) is 0 Å². The summed E-state index contributed by atoms with van der Waals surface area (Å²) in [4.78, 5) is 9.41. The van der Waals surface area contributed by atoms with Gasteiger partial charge in [-0.3, -0.25) is 9.89 Å². The summed E-state index contributed by atoms with van der Waals surface area (Å²) >= 11 is 0. The van der Waals surface area contributed by atoms with Crippen LogP contribution < -0.4 is 20.3 Å². The molecule has 0 atom stereocenters. The highest BCUT2D eigenvalue weighted by Crippen LogP contribution is 2.18. The molecule has 31 heavy (non-hydrogen) atoms. The van der Waals surface area contributed by atoms with Crippen molar-refractivity contribution in [3.05, 3.63) is 59.7 Å². The minimum Gasteiger partial charge on any atom is -0.497 e. The van der Waals surface area contributed by atoms with Crippen molar-refractivity contribution in [2.45, 2.75) is 26.3 Å². The molecule has 1 aliphatic heterocycles. The summed E-state index contributed by atoms with van der Waals surface area (Å²) in [7, 11) is 3.50. The number of anilines is 1. The molecule has 0 aromatic heterocycles. The Kier molecular flexibility index (Phi) is 9.03. The van der Waals surface area contributed by atoms with Gasteiger partial charge in [-0.1, -0.05) is 24.3 Å². The van der Waals surface area contributed by atoms with Crippen LogP contribution in [0.5, 0.6) is 5.75 Å². The highest BCUT2D eigenvalue weighted by Gasteiger charge is 2.16. The normalized spacial score (nSPS) is 15.1. The summed E-state index contributed by atoms with van der Waals surface area (Å²) in [5, 5.41) is 6.79. The zero-order valence-electron chi connectivity index (χ0n) is 19.2. The number of aliphatic imine (C=N–C) groups is 1. The Morgan fingerprint density at radius 2 is 1.77 bits per heavy atom. The molecule has 1 heterocycles. The maximum Gasteiger partial charge on any atom is 0.191 e. The third kappa shape index (κ3) is 7.47. The van der Waals surface area contributed by atoms with Gasteiger partial charge in [0.1, 0.15) is 5.75 Å². The minimum absolute atomic E-state index is 0.745. The molecule has 0 spiro atoms. The number of nitrogens with zero attached hydrogens (tertiary/aromatic N) is 3. The highest BCUT2D eigenvalue weighted by molar-refractivity contribution is 5.79. The van der Waals surface area contributed by atoms with Crippen LogP contribution in [0.1, 0.15) is 24.0 Å². The number of hydrogen-bond acceptors (Lipinski definition) is 4. The molecule has 1 fully saturated rings. The second-order valence-electron chi connectivity index (χ2n) is 8.08. The third-order valence-electron chi connectivity index (χ3n) is 5.78. The predicted octanol–water partition coefficient (Wildman–Crippen LogP) is 3.27. The quantitative estimate of drug-likeness (QED) is 0.368. The van der Waals surface area contributed by atoms with Gasteiger partial charge < -0.3 is 20.3 Å². The second kappa shape index (κ2) is 12.2. The number of piperazine rings is 1. The average molecular weight is 424 g/mol. The molecule has 2 aromatic carbocycles. The lowest BCUT2D eigenvalue weighted by molar-refractivity contribution is 0.253. The van der Waals surface area contributed by atoms with Gasteiger partial charge in [-0.05, 0) is 61.7 Å². The average Bonchev–Trinajstić information content (AvgIpc) is 2.81. The lowest BCUT2D eigenvalue weighted by Crippen LogP contribution is -2.46. The van der Waals surface area contributed by atoms with Gasteiger partial charge >= 0.3 is 0 Å². The van der Waals surface area contributed by atoms with Crippen LogP contribution in [0.3, 0.4) is 0 Å². The first-order valence-corrected chi connectivity index (χ1v) is 11.3. The van der Waals surface area contributed by atoms with E-state index in [1.165, 1.54) is 29.8 Å². The van der Waals surface area contributed by atoms with Crippen molar-refractivity contribution in [3.8, 4) is 5.75 Å². The van der Waals surface area contributed by atoms with Gasteiger partial charge in [0.25, 0.3) is 0 Å². The molecule has 0 aliphatic carbocycles. The number of guanidine groups is 1. The van der Waals surface area contributed by atoms with Gasteiger partial charge in [0.15, 0.2) is 5.96 Å². The first-order valence-electron chi connectivity index (χ1n) is 11.3. The Labute approximate surface area is 187 Å². The molecule has 6 heteroatoms. The van der Waals surface area contributed by atoms with E-state index in [-0.39, 0.29) is 0 Å². The van der Waals surface area contributed by atoms with E-state index in [0.717, 1.165) is 57.4 Å². The minimum atomic E-state index is 0.745. The van der Waals surface area contributed by atoms with Crippen molar-refractivity contribution >= 4 is 11.6 Å². The predicted molar refractivity (Wildman–Crippen MR) is 130 cm³/mol. The molecule has 2 aromatic rings. The summed E-state index contributed by atoms with van der Waals surface area (Å²) in [5.41, 5.74) is 3.90. The van der Waals surface area contributed by atoms with Crippen LogP contribution in [0.15, 0.2) is 53.5 Å². The van der Waals surface area contributed by atoms with Gasteiger partial charge in [0.05, 0.1) is 7.11 Å². The van der Waals surface area contributed by atoms with Gasteiger partial charge in [-0.2, -0.15) is 0 Å². The van der Waals surface area contributed by atoms with Gasteiger partial charge in [-0.25, -0.2) is 0 Å². The Bertz CT molecular complexity index is 813. The molecule has 3 rings (SSSR count). The first kappa shape index (κ1) is 22.9. The number of ether oxygens (including phenoxy) is 1. The number of benzene rings is 2. The van der Waals surface area contributed by atoms with Crippen molar-refractivity contribution in [2.75, 3.05) is 58.3 Å². The van der Waals surface area contributed by atoms with E-state index in [4.69, 9.17) is 4.74 Å². The second-order valence-corrected chi connectivity index (χ2v) is 8.08. The maximum atomic E-state index is 5.20. The molecule has 0 unspecified atom stereocenters. The number of rotatable bonds is 9. The van der Waals surface area contributed by atoms with Gasteiger partial charge in [-0.15, -0.1) is 0 Å². The molecular weight excluding hydrogens is 386 g/mol. The SMILES string of the molecule is CN=C(NCCCCN1CCN(c2cccc(C)c2)CC1)NCc1ccc(OC)cc1. The van der Waals surface area contributed by atoms with Gasteiger partial charge in [0, 0.05) is 52.0 Å². The fraction of sp³-hybridized carbons (Fsp3) is 0.480. The first-order chi connectivity index (χ1) is 15.2. The van der Waals surface area contributed by atoms with E-state index in [1.807, 2.05) is 19.2 Å². The zero-order chi connectivity index (χ0) is 21.9. The van der Waals surface area contributed by atoms with Crippen LogP contribution in [-0.2, 0) is 6.54 Å². The molecule has 1 saturated heterocycles. The lowest BCUT2D eigenvalue weighted by atomic mass is 10.2. The summed E-state index contributed by atoms with van der Waals surface area (Å²) in [6, 6.07) is 16.9. The molecule has 168 valence electrons. The van der Waals surface area contributed by atoms with Crippen molar-refractivity contribution in [1.82, 2.24) is 15.5 Å². The molecule has 2 N–H and O–H groups in total. The summed E-state index contributed by atoms with van der Waals surface area (Å²) in [5.74, 6) is 1.73. The lowest BCUT2D eigenvalue weighted by Gasteiger charge is -2.36.